The summed E-state index contributed by atoms with van der Waals surface area (Å²) in [5, 5.41) is 8.98. The fourth-order valence-electron chi connectivity index (χ4n) is 3.30. The molecule has 20 heavy (non-hydrogen) atoms. The van der Waals surface area contributed by atoms with Gasteiger partial charge in [0.15, 0.2) is 0 Å². The Morgan fingerprint density at radius 2 is 1.95 bits per heavy atom. The second kappa shape index (κ2) is 5.32. The van der Waals surface area contributed by atoms with Gasteiger partial charge in [0.2, 0.25) is 0 Å². The molecule has 2 bridgehead atoms. The van der Waals surface area contributed by atoms with E-state index in [1.807, 2.05) is 0 Å². The second-order valence-electron chi connectivity index (χ2n) is 5.63. The third-order valence-corrected chi connectivity index (χ3v) is 6.77. The van der Waals surface area contributed by atoms with E-state index in [4.69, 9.17) is 0 Å². The summed E-state index contributed by atoms with van der Waals surface area (Å²) in [7, 11) is 0. The maximum absolute atomic E-state index is 4.51. The van der Waals surface area contributed by atoms with Gasteiger partial charge in [-0.1, -0.05) is 0 Å². The fourth-order valence-corrected chi connectivity index (χ4v) is 5.07. The van der Waals surface area contributed by atoms with Crippen LogP contribution in [-0.2, 0) is 0 Å². The summed E-state index contributed by atoms with van der Waals surface area (Å²) in [6, 6.07) is 4.99. The van der Waals surface area contributed by atoms with Crippen molar-refractivity contribution in [3.8, 4) is 0 Å². The molecule has 0 radical (unpaired) electrons. The van der Waals surface area contributed by atoms with Gasteiger partial charge in [0.25, 0.3) is 0 Å². The van der Waals surface area contributed by atoms with Crippen LogP contribution in [0.4, 0.5) is 5.82 Å². The van der Waals surface area contributed by atoms with Gasteiger partial charge < -0.3 is 0 Å². The summed E-state index contributed by atoms with van der Waals surface area (Å²) in [6.07, 6.45) is 6.87. The predicted molar refractivity (Wildman–Crippen MR) is 84.5 cm³/mol. The number of hydrogen-bond acceptors (Lipinski definition) is 4. The van der Waals surface area contributed by atoms with Crippen molar-refractivity contribution in [2.24, 2.45) is 0 Å². The van der Waals surface area contributed by atoms with Crippen LogP contribution in [0, 0.1) is 0 Å². The van der Waals surface area contributed by atoms with Crippen molar-refractivity contribution in [3.63, 3.8) is 0 Å². The Bertz CT molecular complexity index is 543. The molecule has 3 saturated heterocycles. The van der Waals surface area contributed by atoms with Gasteiger partial charge in [-0.15, -0.1) is 0 Å². The van der Waals surface area contributed by atoms with Crippen LogP contribution in [0.3, 0.4) is 0 Å². The number of nitrogens with zero attached hydrogens (tertiary/aromatic N) is 4. The van der Waals surface area contributed by atoms with Crippen LogP contribution in [-0.4, -0.2) is 62.3 Å². The standard InChI is InChI=1S/C15H20N4Se/c1-2-14(20-11-1)13-3-4-15(17-16-13)19-10-9-18-7-5-12(19)6-8-18/h1-4,11-12H,5-10,20H2. The van der Waals surface area contributed by atoms with Crippen LogP contribution in [0.2, 0.25) is 0 Å². The topological polar surface area (TPSA) is 32.3 Å². The van der Waals surface area contributed by atoms with Crippen LogP contribution < -0.4 is 4.90 Å². The first kappa shape index (κ1) is 12.6. The normalized spacial score (nSPS) is 30.6. The van der Waals surface area contributed by atoms with Crippen LogP contribution >= 0.6 is 0 Å². The van der Waals surface area contributed by atoms with Crippen molar-refractivity contribution in [3.05, 3.63) is 35.0 Å². The van der Waals surface area contributed by atoms with E-state index in [2.05, 4.69) is 49.3 Å². The van der Waals surface area contributed by atoms with Crippen LogP contribution in [0.25, 0.3) is 4.47 Å². The van der Waals surface area contributed by atoms with Crippen LogP contribution in [0.1, 0.15) is 18.5 Å². The van der Waals surface area contributed by atoms with E-state index in [0.29, 0.717) is 6.04 Å². The van der Waals surface area contributed by atoms with Crippen molar-refractivity contribution in [2.75, 3.05) is 31.1 Å². The SMILES string of the molecule is C1=C[SeH2]C(c2ccc(N3CCN4CCC3CC4)nn2)=C1. The predicted octanol–water partition coefficient (Wildman–Crippen LogP) is 0.798. The Morgan fingerprint density at radius 1 is 1.05 bits per heavy atom. The Hall–Kier alpha value is -1.16. The quantitative estimate of drug-likeness (QED) is 0.749. The van der Waals surface area contributed by atoms with Crippen molar-refractivity contribution in [2.45, 2.75) is 18.9 Å². The Kier molecular flexibility index (Phi) is 3.34. The van der Waals surface area contributed by atoms with E-state index >= 15 is 0 Å². The van der Waals surface area contributed by atoms with Crippen LogP contribution in [0.15, 0.2) is 29.3 Å². The summed E-state index contributed by atoms with van der Waals surface area (Å²) in [4.78, 5) is 7.33. The number of anilines is 1. The molecule has 1 aromatic heterocycles. The molecule has 0 unspecified atom stereocenters. The minimum absolute atomic E-state index is 0.111. The number of allylic oxidation sites excluding steroid dienone is 2. The summed E-state index contributed by atoms with van der Waals surface area (Å²) < 4.78 is 1.40. The third kappa shape index (κ3) is 2.30. The average Bonchev–Trinajstić information content (AvgIpc) is 2.88. The van der Waals surface area contributed by atoms with Crippen molar-refractivity contribution in [1.29, 1.82) is 0 Å². The molecule has 0 amide bonds. The molecule has 3 fully saturated rings. The van der Waals surface area contributed by atoms with Gasteiger partial charge in [-0.3, -0.25) is 0 Å². The Balaban J connectivity index is 1.56. The summed E-state index contributed by atoms with van der Waals surface area (Å²) in [6.45, 7) is 4.75. The van der Waals surface area contributed by atoms with Gasteiger partial charge in [-0.05, 0) is 0 Å². The van der Waals surface area contributed by atoms with Gasteiger partial charge in [0.1, 0.15) is 0 Å². The average molecular weight is 335 g/mol. The molecule has 5 heterocycles. The van der Waals surface area contributed by atoms with Crippen LogP contribution in [0.5, 0.6) is 0 Å². The zero-order valence-corrected chi connectivity index (χ0v) is 13.6. The zero-order chi connectivity index (χ0) is 13.4. The maximum atomic E-state index is 4.51. The van der Waals surface area contributed by atoms with Gasteiger partial charge in [-0.2, -0.15) is 0 Å². The fraction of sp³-hybridized carbons (Fsp3) is 0.467. The molecule has 0 N–H and O–H groups in total. The number of rotatable bonds is 2. The molecule has 5 rings (SSSR count). The van der Waals surface area contributed by atoms with Gasteiger partial charge >= 0.3 is 125 Å². The van der Waals surface area contributed by atoms with Gasteiger partial charge in [0.05, 0.1) is 0 Å². The molecule has 4 aliphatic heterocycles. The molecule has 0 spiro atoms. The van der Waals surface area contributed by atoms with Gasteiger partial charge in [-0.25, -0.2) is 0 Å². The number of fused-ring (bicyclic) bond motifs is 4. The minimum atomic E-state index is -0.111. The molecule has 1 aromatic rings. The molecular weight excluding hydrogens is 315 g/mol. The van der Waals surface area contributed by atoms with Crippen molar-refractivity contribution < 1.29 is 0 Å². The molecular formula is C15H20N4Se. The first-order valence-corrected chi connectivity index (χ1v) is 9.63. The van der Waals surface area contributed by atoms with E-state index in [1.54, 1.807) is 0 Å². The molecule has 106 valence electrons. The molecule has 5 heteroatoms. The first-order chi connectivity index (χ1) is 9.90. The number of aromatic nitrogens is 2. The van der Waals surface area contributed by atoms with E-state index in [-0.39, 0.29) is 15.0 Å². The monoisotopic (exact) mass is 336 g/mol. The number of hydrogen-bond donors (Lipinski definition) is 0. The van der Waals surface area contributed by atoms with Crippen molar-refractivity contribution in [1.82, 2.24) is 15.1 Å². The van der Waals surface area contributed by atoms with E-state index in [0.717, 1.165) is 18.1 Å². The Morgan fingerprint density at radius 3 is 2.65 bits per heavy atom. The van der Waals surface area contributed by atoms with Crippen molar-refractivity contribution >= 4 is 25.2 Å². The molecule has 0 atom stereocenters. The molecule has 0 saturated carbocycles. The number of piperidine rings is 1. The second-order valence-corrected chi connectivity index (χ2v) is 8.06. The van der Waals surface area contributed by atoms with Gasteiger partial charge in [0, 0.05) is 0 Å². The zero-order valence-electron chi connectivity index (χ0n) is 11.5. The molecule has 0 aromatic carbocycles. The summed E-state index contributed by atoms with van der Waals surface area (Å²) in [5.74, 6) is 1.06. The Labute approximate surface area is 125 Å². The molecule has 0 aliphatic carbocycles. The van der Waals surface area contributed by atoms with E-state index in [9.17, 15) is 0 Å². The third-order valence-electron chi connectivity index (χ3n) is 4.47. The summed E-state index contributed by atoms with van der Waals surface area (Å²) >= 11 is -0.111. The first-order valence-electron chi connectivity index (χ1n) is 7.37. The molecule has 4 nitrogen and oxygen atoms in total. The van der Waals surface area contributed by atoms with E-state index < -0.39 is 0 Å². The summed E-state index contributed by atoms with van der Waals surface area (Å²) in [5.41, 5.74) is 1.07. The molecule has 4 aliphatic rings. The van der Waals surface area contributed by atoms with E-state index in [1.165, 1.54) is 36.9 Å².